The molecular formula is C15H16N2O3S. The molecule has 0 bridgehead atoms. The Balaban J connectivity index is 2.19. The second kappa shape index (κ2) is 6.51. The van der Waals surface area contributed by atoms with Gasteiger partial charge in [0.1, 0.15) is 6.04 Å². The third-order valence-corrected chi connectivity index (χ3v) is 4.22. The van der Waals surface area contributed by atoms with Gasteiger partial charge in [-0.3, -0.25) is 4.79 Å². The molecule has 0 aliphatic carbocycles. The lowest BCUT2D eigenvalue weighted by molar-refractivity contribution is -0.119. The van der Waals surface area contributed by atoms with Crippen LogP contribution in [0.1, 0.15) is 17.2 Å². The number of sulfonamides is 1. The molecule has 110 valence electrons. The second-order valence-corrected chi connectivity index (χ2v) is 6.36. The van der Waals surface area contributed by atoms with Crippen LogP contribution < -0.4 is 10.5 Å². The largest absolute Gasteiger partial charge is 0.368 e. The Hall–Kier alpha value is -2.18. The Labute approximate surface area is 123 Å². The minimum atomic E-state index is -3.68. The summed E-state index contributed by atoms with van der Waals surface area (Å²) in [4.78, 5) is 11.5. The quantitative estimate of drug-likeness (QED) is 0.843. The van der Waals surface area contributed by atoms with Crippen LogP contribution in [-0.4, -0.2) is 14.3 Å². The molecule has 0 aliphatic rings. The van der Waals surface area contributed by atoms with Crippen molar-refractivity contribution in [3.63, 3.8) is 0 Å². The van der Waals surface area contributed by atoms with Crippen LogP contribution in [-0.2, 0) is 20.6 Å². The monoisotopic (exact) mass is 304 g/mol. The minimum Gasteiger partial charge on any atom is -0.368 e. The molecule has 1 unspecified atom stereocenters. The number of benzene rings is 2. The van der Waals surface area contributed by atoms with Gasteiger partial charge in [-0.25, -0.2) is 8.42 Å². The first-order valence-electron chi connectivity index (χ1n) is 6.36. The van der Waals surface area contributed by atoms with Crippen molar-refractivity contribution in [2.75, 3.05) is 0 Å². The molecule has 1 amide bonds. The number of primary amides is 1. The molecular weight excluding hydrogens is 288 g/mol. The van der Waals surface area contributed by atoms with Gasteiger partial charge >= 0.3 is 0 Å². The fraction of sp³-hybridized carbons (Fsp3) is 0.133. The molecule has 2 aromatic rings. The third-order valence-electron chi connectivity index (χ3n) is 2.91. The molecule has 0 radical (unpaired) electrons. The standard InChI is InChI=1S/C15H16N2O3S/c16-15(18)14(13-9-5-2-6-10-13)17-21(19,20)11-12-7-3-1-4-8-12/h1-10,14,17H,11H2,(H2,16,18). The smallest absolute Gasteiger partial charge is 0.240 e. The van der Waals surface area contributed by atoms with Crippen LogP contribution in [0.15, 0.2) is 60.7 Å². The lowest BCUT2D eigenvalue weighted by Crippen LogP contribution is -2.38. The Bertz CT molecular complexity index is 700. The van der Waals surface area contributed by atoms with E-state index >= 15 is 0 Å². The van der Waals surface area contributed by atoms with Crippen molar-refractivity contribution < 1.29 is 13.2 Å². The highest BCUT2D eigenvalue weighted by Crippen LogP contribution is 2.15. The molecule has 6 heteroatoms. The summed E-state index contributed by atoms with van der Waals surface area (Å²) in [6, 6.07) is 16.2. The number of hydrogen-bond acceptors (Lipinski definition) is 3. The number of hydrogen-bond donors (Lipinski definition) is 2. The number of rotatable bonds is 6. The highest BCUT2D eigenvalue weighted by molar-refractivity contribution is 7.88. The van der Waals surface area contributed by atoms with Gasteiger partial charge in [0.05, 0.1) is 5.75 Å². The highest BCUT2D eigenvalue weighted by Gasteiger charge is 2.24. The minimum absolute atomic E-state index is 0.204. The first kappa shape index (κ1) is 15.2. The maximum atomic E-state index is 12.2. The van der Waals surface area contributed by atoms with Gasteiger partial charge < -0.3 is 5.73 Å². The summed E-state index contributed by atoms with van der Waals surface area (Å²) in [7, 11) is -3.68. The summed E-state index contributed by atoms with van der Waals surface area (Å²) in [6.45, 7) is 0. The summed E-state index contributed by atoms with van der Waals surface area (Å²) in [5.41, 5.74) is 6.46. The normalized spacial score (nSPS) is 12.8. The van der Waals surface area contributed by atoms with Crippen molar-refractivity contribution in [2.24, 2.45) is 5.73 Å². The van der Waals surface area contributed by atoms with Crippen molar-refractivity contribution >= 4 is 15.9 Å². The molecule has 0 spiro atoms. The lowest BCUT2D eigenvalue weighted by Gasteiger charge is -2.16. The van der Waals surface area contributed by atoms with Crippen molar-refractivity contribution in [1.82, 2.24) is 4.72 Å². The Morgan fingerprint density at radius 3 is 2.05 bits per heavy atom. The van der Waals surface area contributed by atoms with Gasteiger partial charge in [0, 0.05) is 0 Å². The zero-order valence-electron chi connectivity index (χ0n) is 11.3. The predicted octanol–water partition coefficient (Wildman–Crippen LogP) is 1.33. The van der Waals surface area contributed by atoms with Gasteiger partial charge in [0.15, 0.2) is 0 Å². The molecule has 2 rings (SSSR count). The molecule has 0 fully saturated rings. The summed E-state index contributed by atoms with van der Waals surface area (Å²) in [5, 5.41) is 0. The lowest BCUT2D eigenvalue weighted by atomic mass is 10.1. The van der Waals surface area contributed by atoms with Crippen LogP contribution in [0.5, 0.6) is 0 Å². The van der Waals surface area contributed by atoms with E-state index in [1.807, 2.05) is 0 Å². The topological polar surface area (TPSA) is 89.3 Å². The zero-order chi connectivity index (χ0) is 15.3. The van der Waals surface area contributed by atoms with E-state index in [9.17, 15) is 13.2 Å². The zero-order valence-corrected chi connectivity index (χ0v) is 12.1. The van der Waals surface area contributed by atoms with Crippen molar-refractivity contribution in [3.8, 4) is 0 Å². The van der Waals surface area contributed by atoms with Gasteiger partial charge in [-0.2, -0.15) is 4.72 Å². The first-order chi connectivity index (χ1) is 9.98. The average Bonchev–Trinajstić information content (AvgIpc) is 2.46. The van der Waals surface area contributed by atoms with Gasteiger partial charge in [-0.05, 0) is 11.1 Å². The van der Waals surface area contributed by atoms with E-state index in [0.29, 0.717) is 11.1 Å². The van der Waals surface area contributed by atoms with Gasteiger partial charge in [-0.1, -0.05) is 60.7 Å². The molecule has 0 saturated carbocycles. The molecule has 2 aromatic carbocycles. The van der Waals surface area contributed by atoms with Crippen LogP contribution in [0.2, 0.25) is 0 Å². The van der Waals surface area contributed by atoms with Gasteiger partial charge in [-0.15, -0.1) is 0 Å². The van der Waals surface area contributed by atoms with E-state index in [4.69, 9.17) is 5.73 Å². The molecule has 0 aromatic heterocycles. The number of amides is 1. The molecule has 21 heavy (non-hydrogen) atoms. The Morgan fingerprint density at radius 2 is 1.52 bits per heavy atom. The molecule has 0 saturated heterocycles. The summed E-state index contributed by atoms with van der Waals surface area (Å²) in [6.07, 6.45) is 0. The maximum absolute atomic E-state index is 12.2. The second-order valence-electron chi connectivity index (χ2n) is 4.61. The van der Waals surface area contributed by atoms with Crippen molar-refractivity contribution in [3.05, 3.63) is 71.8 Å². The SMILES string of the molecule is NC(=O)C(NS(=O)(=O)Cc1ccccc1)c1ccccc1. The molecule has 5 nitrogen and oxygen atoms in total. The van der Waals surface area contributed by atoms with Crippen molar-refractivity contribution in [2.45, 2.75) is 11.8 Å². The predicted molar refractivity (Wildman–Crippen MR) is 80.6 cm³/mol. The van der Waals surface area contributed by atoms with E-state index < -0.39 is 22.0 Å². The van der Waals surface area contributed by atoms with Crippen LogP contribution in [0.3, 0.4) is 0 Å². The van der Waals surface area contributed by atoms with E-state index in [1.54, 1.807) is 60.7 Å². The molecule has 3 N–H and O–H groups in total. The van der Waals surface area contributed by atoms with Crippen molar-refractivity contribution in [1.29, 1.82) is 0 Å². The summed E-state index contributed by atoms with van der Waals surface area (Å²) in [5.74, 6) is -0.942. The number of nitrogens with two attached hydrogens (primary N) is 1. The van der Waals surface area contributed by atoms with E-state index in [1.165, 1.54) is 0 Å². The molecule has 0 aliphatic heterocycles. The maximum Gasteiger partial charge on any atom is 0.240 e. The average molecular weight is 304 g/mol. The van der Waals surface area contributed by atoms with E-state index in [2.05, 4.69) is 4.72 Å². The van der Waals surface area contributed by atoms with Crippen LogP contribution in [0.4, 0.5) is 0 Å². The highest BCUT2D eigenvalue weighted by atomic mass is 32.2. The summed E-state index contributed by atoms with van der Waals surface area (Å²) >= 11 is 0. The van der Waals surface area contributed by atoms with E-state index in [-0.39, 0.29) is 5.75 Å². The molecule has 1 atom stereocenters. The fourth-order valence-electron chi connectivity index (χ4n) is 1.95. The first-order valence-corrected chi connectivity index (χ1v) is 8.01. The Kier molecular flexibility index (Phi) is 4.72. The number of nitrogens with one attached hydrogen (secondary N) is 1. The van der Waals surface area contributed by atoms with Crippen LogP contribution in [0.25, 0.3) is 0 Å². The fourth-order valence-corrected chi connectivity index (χ4v) is 3.28. The Morgan fingerprint density at radius 1 is 1.00 bits per heavy atom. The van der Waals surface area contributed by atoms with Crippen LogP contribution >= 0.6 is 0 Å². The van der Waals surface area contributed by atoms with Gasteiger partial charge in [0.2, 0.25) is 15.9 Å². The summed E-state index contributed by atoms with van der Waals surface area (Å²) < 4.78 is 26.7. The van der Waals surface area contributed by atoms with Gasteiger partial charge in [0.25, 0.3) is 0 Å². The molecule has 0 heterocycles. The third kappa shape index (κ3) is 4.40. The number of carbonyl (C=O) groups excluding carboxylic acids is 1. The van der Waals surface area contributed by atoms with E-state index in [0.717, 1.165) is 0 Å². The van der Waals surface area contributed by atoms with Crippen LogP contribution in [0, 0.1) is 0 Å². The number of carbonyl (C=O) groups is 1.